The zero-order valence-electron chi connectivity index (χ0n) is 17.9. The number of carbonyl (C=O) groups is 3. The number of aryl methyl sites for hydroxylation is 2. The highest BCUT2D eigenvalue weighted by molar-refractivity contribution is 6.32. The van der Waals surface area contributed by atoms with Gasteiger partial charge in [-0.25, -0.2) is 14.3 Å². The van der Waals surface area contributed by atoms with Gasteiger partial charge in [0.25, 0.3) is 5.91 Å². The summed E-state index contributed by atoms with van der Waals surface area (Å²) in [6.45, 7) is 4.00. The maximum atomic E-state index is 13.0. The van der Waals surface area contributed by atoms with E-state index in [0.29, 0.717) is 17.8 Å². The van der Waals surface area contributed by atoms with Crippen LogP contribution >= 0.6 is 11.6 Å². The van der Waals surface area contributed by atoms with Crippen molar-refractivity contribution in [2.45, 2.75) is 26.5 Å². The second-order valence-electron chi connectivity index (χ2n) is 7.16. The molecule has 3 amide bonds. The number of imide groups is 1. The summed E-state index contributed by atoms with van der Waals surface area (Å²) in [4.78, 5) is 37.2. The lowest BCUT2D eigenvalue weighted by Gasteiger charge is -2.17. The fourth-order valence-electron chi connectivity index (χ4n) is 3.06. The lowest BCUT2D eigenvalue weighted by Crippen LogP contribution is -2.41. The summed E-state index contributed by atoms with van der Waals surface area (Å²) in [5.74, 6) is -1.60. The van der Waals surface area contributed by atoms with Gasteiger partial charge in [-0.3, -0.25) is 10.1 Å². The molecule has 0 aliphatic heterocycles. The van der Waals surface area contributed by atoms with Gasteiger partial charge in [-0.1, -0.05) is 71.8 Å². The quantitative estimate of drug-likeness (QED) is 0.554. The summed E-state index contributed by atoms with van der Waals surface area (Å²) in [6, 6.07) is 15.5. The summed E-state index contributed by atoms with van der Waals surface area (Å²) in [5.41, 5.74) is 2.93. The first-order chi connectivity index (χ1) is 15.3. The predicted molar refractivity (Wildman–Crippen MR) is 119 cm³/mol. The molecule has 3 aromatic rings. The Hall–Kier alpha value is -3.65. The fourth-order valence-corrected chi connectivity index (χ4v) is 3.37. The minimum atomic E-state index is -1.35. The Balaban J connectivity index is 1.86. The summed E-state index contributed by atoms with van der Waals surface area (Å²) in [6.07, 6.45) is -1.35. The van der Waals surface area contributed by atoms with Crippen LogP contribution in [0.5, 0.6) is 0 Å². The second-order valence-corrected chi connectivity index (χ2v) is 7.52. The Labute approximate surface area is 190 Å². The van der Waals surface area contributed by atoms with Gasteiger partial charge in [0.2, 0.25) is 6.10 Å². The molecule has 0 spiro atoms. The number of rotatable bonds is 6. The number of ether oxygens (including phenoxy) is 1. The molecule has 2 N–H and O–H groups in total. The predicted octanol–water partition coefficient (Wildman–Crippen LogP) is 3.56. The molecule has 0 aliphatic rings. The smallest absolute Gasteiger partial charge is 0.344 e. The van der Waals surface area contributed by atoms with E-state index in [1.54, 1.807) is 37.3 Å². The minimum Gasteiger partial charge on any atom is -0.444 e. The van der Waals surface area contributed by atoms with E-state index in [1.807, 2.05) is 31.2 Å². The largest absolute Gasteiger partial charge is 0.444 e. The lowest BCUT2D eigenvalue weighted by atomic mass is 10.1. The highest BCUT2D eigenvalue weighted by Gasteiger charge is 2.30. The first-order valence-corrected chi connectivity index (χ1v) is 10.2. The van der Waals surface area contributed by atoms with Crippen LogP contribution in [0, 0.1) is 13.8 Å². The zero-order valence-corrected chi connectivity index (χ0v) is 18.6. The van der Waals surface area contributed by atoms with Crippen molar-refractivity contribution in [3.8, 4) is 0 Å². The molecular weight excluding hydrogens is 432 g/mol. The van der Waals surface area contributed by atoms with Crippen LogP contribution in [-0.2, 0) is 16.1 Å². The number of halogens is 1. The third kappa shape index (κ3) is 5.33. The van der Waals surface area contributed by atoms with Gasteiger partial charge < -0.3 is 10.1 Å². The summed E-state index contributed by atoms with van der Waals surface area (Å²) in [7, 11) is 1.37. The van der Waals surface area contributed by atoms with Gasteiger partial charge in [0.05, 0.1) is 12.2 Å². The first-order valence-electron chi connectivity index (χ1n) is 9.87. The number of aromatic nitrogens is 2. The number of amides is 3. The monoisotopic (exact) mass is 454 g/mol. The molecule has 0 fully saturated rings. The number of hydrogen-bond donors (Lipinski definition) is 2. The van der Waals surface area contributed by atoms with Crippen LogP contribution in [-0.4, -0.2) is 34.7 Å². The highest BCUT2D eigenvalue weighted by atomic mass is 35.5. The lowest BCUT2D eigenvalue weighted by molar-refractivity contribution is -0.129. The third-order valence-electron chi connectivity index (χ3n) is 4.75. The molecule has 3 rings (SSSR count). The van der Waals surface area contributed by atoms with Gasteiger partial charge in [0.1, 0.15) is 10.7 Å². The van der Waals surface area contributed by atoms with Crippen LogP contribution < -0.4 is 10.6 Å². The van der Waals surface area contributed by atoms with Crippen molar-refractivity contribution < 1.29 is 19.1 Å². The minimum absolute atomic E-state index is 0.0625. The van der Waals surface area contributed by atoms with E-state index in [4.69, 9.17) is 16.3 Å². The van der Waals surface area contributed by atoms with E-state index in [0.717, 1.165) is 11.1 Å². The number of urea groups is 1. The number of benzene rings is 2. The Morgan fingerprint density at radius 3 is 2.34 bits per heavy atom. The standard InChI is InChI=1S/C23H23ClN4O4/c1-14-9-11-16(12-10-14)13-28-20(24)18(15(2)27-28)22(30)32-19(17-7-5-4-6-8-17)21(29)26-23(31)25-3/h4-12,19H,13H2,1-3H3,(H2,25,26,29,31)/t19-/m1/s1. The molecule has 8 nitrogen and oxygen atoms in total. The Morgan fingerprint density at radius 1 is 1.06 bits per heavy atom. The molecule has 9 heteroatoms. The Bertz CT molecular complexity index is 1130. The molecule has 0 bridgehead atoms. The molecule has 1 heterocycles. The fraction of sp³-hybridized carbons (Fsp3) is 0.217. The van der Waals surface area contributed by atoms with Gasteiger partial charge >= 0.3 is 12.0 Å². The average molecular weight is 455 g/mol. The molecule has 2 aromatic carbocycles. The molecular formula is C23H23ClN4O4. The SMILES string of the molecule is CNC(=O)NC(=O)[C@H](OC(=O)c1c(C)nn(Cc2ccc(C)cc2)c1Cl)c1ccccc1. The summed E-state index contributed by atoms with van der Waals surface area (Å²) >= 11 is 6.46. The van der Waals surface area contributed by atoms with E-state index in [9.17, 15) is 14.4 Å². The molecule has 1 atom stereocenters. The summed E-state index contributed by atoms with van der Waals surface area (Å²) in [5, 5.41) is 8.88. The molecule has 166 valence electrons. The Kier molecular flexibility index (Phi) is 7.27. The maximum Gasteiger partial charge on any atom is 0.344 e. The van der Waals surface area contributed by atoms with Gasteiger partial charge in [-0.05, 0) is 19.4 Å². The Morgan fingerprint density at radius 2 is 1.72 bits per heavy atom. The third-order valence-corrected chi connectivity index (χ3v) is 5.14. The highest BCUT2D eigenvalue weighted by Crippen LogP contribution is 2.26. The van der Waals surface area contributed by atoms with E-state index in [-0.39, 0.29) is 10.7 Å². The number of hydrogen-bond acceptors (Lipinski definition) is 5. The molecule has 0 radical (unpaired) electrons. The van der Waals surface area contributed by atoms with Crippen LogP contribution in [0.25, 0.3) is 0 Å². The van der Waals surface area contributed by atoms with Gasteiger partial charge in [0.15, 0.2) is 0 Å². The van der Waals surface area contributed by atoms with Gasteiger partial charge in [-0.15, -0.1) is 0 Å². The van der Waals surface area contributed by atoms with E-state index >= 15 is 0 Å². The van der Waals surface area contributed by atoms with Crippen LogP contribution in [0.4, 0.5) is 4.79 Å². The number of esters is 1. The van der Waals surface area contributed by atoms with E-state index in [1.165, 1.54) is 11.7 Å². The van der Waals surface area contributed by atoms with Crippen molar-refractivity contribution in [3.63, 3.8) is 0 Å². The molecule has 1 aromatic heterocycles. The van der Waals surface area contributed by atoms with Crippen LogP contribution in [0.15, 0.2) is 54.6 Å². The van der Waals surface area contributed by atoms with Crippen molar-refractivity contribution in [1.82, 2.24) is 20.4 Å². The van der Waals surface area contributed by atoms with Crippen molar-refractivity contribution in [1.29, 1.82) is 0 Å². The molecule has 0 saturated carbocycles. The first kappa shape index (κ1) is 23.0. The van der Waals surface area contributed by atoms with Crippen LogP contribution in [0.2, 0.25) is 5.15 Å². The van der Waals surface area contributed by atoms with E-state index in [2.05, 4.69) is 15.7 Å². The summed E-state index contributed by atoms with van der Waals surface area (Å²) < 4.78 is 7.00. The molecule has 32 heavy (non-hydrogen) atoms. The molecule has 0 aliphatic carbocycles. The van der Waals surface area contributed by atoms with E-state index < -0.39 is 24.0 Å². The van der Waals surface area contributed by atoms with Crippen molar-refractivity contribution in [3.05, 3.63) is 87.7 Å². The van der Waals surface area contributed by atoms with Crippen molar-refractivity contribution in [2.75, 3.05) is 7.05 Å². The normalized spacial score (nSPS) is 11.5. The van der Waals surface area contributed by atoms with Crippen molar-refractivity contribution >= 4 is 29.5 Å². The van der Waals surface area contributed by atoms with Crippen molar-refractivity contribution in [2.24, 2.45) is 0 Å². The number of nitrogens with one attached hydrogen (secondary N) is 2. The average Bonchev–Trinajstić information content (AvgIpc) is 3.06. The van der Waals surface area contributed by atoms with Gasteiger partial charge in [-0.2, -0.15) is 5.10 Å². The zero-order chi connectivity index (χ0) is 23.3. The van der Waals surface area contributed by atoms with Crippen LogP contribution in [0.1, 0.15) is 38.8 Å². The number of nitrogens with zero attached hydrogens (tertiary/aromatic N) is 2. The second kappa shape index (κ2) is 10.1. The van der Waals surface area contributed by atoms with Gasteiger partial charge in [0, 0.05) is 12.6 Å². The molecule has 0 saturated heterocycles. The van der Waals surface area contributed by atoms with Crippen LogP contribution in [0.3, 0.4) is 0 Å². The maximum absolute atomic E-state index is 13.0. The topological polar surface area (TPSA) is 102 Å². The molecule has 0 unspecified atom stereocenters. The number of carbonyl (C=O) groups excluding carboxylic acids is 3.